The lowest BCUT2D eigenvalue weighted by molar-refractivity contribution is -0.131. The Bertz CT molecular complexity index is 1730. The standard InChI is InChI=1S/C33H38F2N4O5S/c1-5-7-14-29-36-32(17-10-11-18-32)31(40)39(29)20-24-15-16-25(27(19-24)43-21-33(34,35)6-2)26-12-8-9-13-28(26)45(41,42)38-30-22(3)23(4)44-37-30/h6,8-9,12-13,15-16,19H,2,5,7,10-11,14,17-18,20-21H2,1,3-4H3,(H,37,38). The molecule has 0 unspecified atom stereocenters. The Kier molecular flexibility index (Phi) is 9.16. The van der Waals surface area contributed by atoms with Crippen molar-refractivity contribution in [3.05, 3.63) is 72.0 Å². The lowest BCUT2D eigenvalue weighted by Crippen LogP contribution is -2.40. The fourth-order valence-electron chi connectivity index (χ4n) is 5.74. The summed E-state index contributed by atoms with van der Waals surface area (Å²) in [5.74, 6) is -2.06. The third kappa shape index (κ3) is 6.66. The number of halogens is 2. The lowest BCUT2D eigenvalue weighted by atomic mass is 9.98. The molecule has 0 atom stereocenters. The molecule has 1 amide bonds. The van der Waals surface area contributed by atoms with Crippen LogP contribution in [-0.2, 0) is 21.4 Å². The van der Waals surface area contributed by atoms with Crippen molar-refractivity contribution in [2.75, 3.05) is 11.3 Å². The number of amidine groups is 1. The summed E-state index contributed by atoms with van der Waals surface area (Å²) in [7, 11) is -4.19. The molecule has 1 N–H and O–H groups in total. The number of anilines is 1. The van der Waals surface area contributed by atoms with Gasteiger partial charge in [0.1, 0.15) is 22.9 Å². The van der Waals surface area contributed by atoms with Gasteiger partial charge in [-0.3, -0.25) is 19.4 Å². The predicted octanol–water partition coefficient (Wildman–Crippen LogP) is 7.20. The van der Waals surface area contributed by atoms with Crippen molar-refractivity contribution in [1.29, 1.82) is 0 Å². The molecule has 45 heavy (non-hydrogen) atoms. The number of aliphatic imine (C=N–C) groups is 1. The molecule has 0 bridgehead atoms. The maximum atomic E-state index is 14.3. The van der Waals surface area contributed by atoms with E-state index in [-0.39, 0.29) is 40.0 Å². The second kappa shape index (κ2) is 12.7. The number of ether oxygens (including phenoxy) is 1. The SMILES string of the molecule is C=CC(F)(F)COc1cc(CN2C(=O)C3(CCCC3)N=C2CCCC)ccc1-c1ccccc1S(=O)(=O)Nc1noc(C)c1C. The molecule has 0 saturated heterocycles. The number of benzene rings is 2. The van der Waals surface area contributed by atoms with E-state index >= 15 is 0 Å². The van der Waals surface area contributed by atoms with E-state index in [1.807, 2.05) is 0 Å². The third-order valence-corrected chi connectivity index (χ3v) is 9.84. The first kappa shape index (κ1) is 32.3. The molecule has 1 aromatic heterocycles. The van der Waals surface area contributed by atoms with Gasteiger partial charge in [0.25, 0.3) is 21.9 Å². The number of amides is 1. The fourth-order valence-corrected chi connectivity index (χ4v) is 7.02. The second-order valence-corrected chi connectivity index (χ2v) is 13.3. The normalized spacial score (nSPS) is 16.3. The predicted molar refractivity (Wildman–Crippen MR) is 168 cm³/mol. The molecule has 1 aliphatic heterocycles. The van der Waals surface area contributed by atoms with Crippen molar-refractivity contribution in [2.24, 2.45) is 4.99 Å². The zero-order valence-electron chi connectivity index (χ0n) is 25.7. The van der Waals surface area contributed by atoms with Crippen LogP contribution in [-0.4, -0.2) is 48.3 Å². The van der Waals surface area contributed by atoms with Crippen molar-refractivity contribution >= 4 is 27.6 Å². The van der Waals surface area contributed by atoms with Crippen molar-refractivity contribution in [2.45, 2.75) is 88.6 Å². The van der Waals surface area contributed by atoms with Crippen LogP contribution in [0, 0.1) is 13.8 Å². The number of rotatable bonds is 13. The number of hydrogen-bond acceptors (Lipinski definition) is 7. The van der Waals surface area contributed by atoms with E-state index in [0.29, 0.717) is 42.2 Å². The van der Waals surface area contributed by atoms with Gasteiger partial charge in [0, 0.05) is 23.1 Å². The molecule has 12 heteroatoms. The number of nitrogens with one attached hydrogen (secondary N) is 1. The molecule has 1 aliphatic carbocycles. The average molecular weight is 641 g/mol. The first-order valence-corrected chi connectivity index (χ1v) is 16.6. The zero-order valence-corrected chi connectivity index (χ0v) is 26.6. The minimum atomic E-state index is -4.19. The van der Waals surface area contributed by atoms with Crippen molar-refractivity contribution in [3.63, 3.8) is 0 Å². The van der Waals surface area contributed by atoms with Crippen LogP contribution in [0.5, 0.6) is 5.75 Å². The number of hydrogen-bond donors (Lipinski definition) is 1. The Morgan fingerprint density at radius 3 is 2.56 bits per heavy atom. The van der Waals surface area contributed by atoms with Crippen LogP contribution in [0.25, 0.3) is 11.1 Å². The number of unbranched alkanes of at least 4 members (excludes halogenated alkanes) is 1. The molecule has 1 fully saturated rings. The van der Waals surface area contributed by atoms with Crippen LogP contribution in [0.2, 0.25) is 0 Å². The monoisotopic (exact) mass is 640 g/mol. The van der Waals surface area contributed by atoms with Gasteiger partial charge < -0.3 is 9.26 Å². The highest BCUT2D eigenvalue weighted by atomic mass is 32.2. The van der Waals surface area contributed by atoms with Crippen molar-refractivity contribution in [3.8, 4) is 16.9 Å². The molecular formula is C33H38F2N4O5S. The van der Waals surface area contributed by atoms with Gasteiger partial charge >= 0.3 is 0 Å². The lowest BCUT2D eigenvalue weighted by Gasteiger charge is -2.24. The number of carbonyl (C=O) groups excluding carboxylic acids is 1. The highest BCUT2D eigenvalue weighted by Gasteiger charge is 2.49. The molecule has 2 aromatic carbocycles. The van der Waals surface area contributed by atoms with Gasteiger partial charge in [-0.05, 0) is 56.9 Å². The summed E-state index contributed by atoms with van der Waals surface area (Å²) in [5.41, 5.74) is 0.977. The second-order valence-electron chi connectivity index (χ2n) is 11.7. The van der Waals surface area contributed by atoms with E-state index in [1.165, 1.54) is 6.07 Å². The van der Waals surface area contributed by atoms with Crippen LogP contribution < -0.4 is 9.46 Å². The summed E-state index contributed by atoms with van der Waals surface area (Å²) in [4.78, 5) is 20.2. The van der Waals surface area contributed by atoms with Crippen LogP contribution in [0.1, 0.15) is 68.8 Å². The summed E-state index contributed by atoms with van der Waals surface area (Å²) >= 11 is 0. The number of aromatic nitrogens is 1. The maximum absolute atomic E-state index is 14.3. The summed E-state index contributed by atoms with van der Waals surface area (Å²) in [6.07, 6.45) is 6.33. The molecule has 2 aliphatic rings. The Morgan fingerprint density at radius 1 is 1.16 bits per heavy atom. The molecule has 1 spiro atoms. The minimum Gasteiger partial charge on any atom is -0.486 e. The van der Waals surface area contributed by atoms with Gasteiger partial charge in [-0.1, -0.05) is 68.3 Å². The van der Waals surface area contributed by atoms with Crippen LogP contribution in [0.3, 0.4) is 0 Å². The van der Waals surface area contributed by atoms with Gasteiger partial charge in [-0.25, -0.2) is 8.42 Å². The van der Waals surface area contributed by atoms with Gasteiger partial charge in [0.15, 0.2) is 12.4 Å². The van der Waals surface area contributed by atoms with Crippen molar-refractivity contribution in [1.82, 2.24) is 10.1 Å². The summed E-state index contributed by atoms with van der Waals surface area (Å²) in [6, 6.07) is 11.2. The van der Waals surface area contributed by atoms with Crippen LogP contribution >= 0.6 is 0 Å². The first-order valence-electron chi connectivity index (χ1n) is 15.1. The Balaban J connectivity index is 1.52. The van der Waals surface area contributed by atoms with E-state index in [9.17, 15) is 22.0 Å². The van der Waals surface area contributed by atoms with Gasteiger partial charge in [-0.2, -0.15) is 8.78 Å². The van der Waals surface area contributed by atoms with Gasteiger partial charge in [-0.15, -0.1) is 0 Å². The van der Waals surface area contributed by atoms with E-state index < -0.39 is 28.1 Å². The highest BCUT2D eigenvalue weighted by Crippen LogP contribution is 2.41. The molecule has 9 nitrogen and oxygen atoms in total. The maximum Gasteiger partial charge on any atom is 0.299 e. The van der Waals surface area contributed by atoms with E-state index in [0.717, 1.165) is 31.5 Å². The Labute approximate surface area is 262 Å². The summed E-state index contributed by atoms with van der Waals surface area (Å²) in [6.45, 7) is 7.80. The Hall–Kier alpha value is -4.06. The number of alkyl halides is 2. The van der Waals surface area contributed by atoms with Gasteiger partial charge in [0.2, 0.25) is 0 Å². The summed E-state index contributed by atoms with van der Waals surface area (Å²) < 4.78 is 69.0. The molecule has 3 aromatic rings. The number of sulfonamides is 1. The van der Waals surface area contributed by atoms with E-state index in [2.05, 4.69) is 23.4 Å². The smallest absolute Gasteiger partial charge is 0.299 e. The number of nitrogens with zero attached hydrogens (tertiary/aromatic N) is 3. The van der Waals surface area contributed by atoms with E-state index in [4.69, 9.17) is 14.3 Å². The van der Waals surface area contributed by atoms with Crippen molar-refractivity contribution < 1.29 is 31.3 Å². The molecule has 1 saturated carbocycles. The zero-order chi connectivity index (χ0) is 32.4. The third-order valence-electron chi connectivity index (χ3n) is 8.44. The number of carbonyl (C=O) groups is 1. The molecule has 240 valence electrons. The highest BCUT2D eigenvalue weighted by molar-refractivity contribution is 7.92. The fraction of sp³-hybridized carbons (Fsp3) is 0.424. The van der Waals surface area contributed by atoms with Crippen LogP contribution in [0.15, 0.2) is 69.5 Å². The summed E-state index contributed by atoms with van der Waals surface area (Å²) in [5, 5.41) is 3.80. The topological polar surface area (TPSA) is 114 Å². The average Bonchev–Trinajstić information content (AvgIpc) is 3.70. The first-order chi connectivity index (χ1) is 21.4. The molecule has 0 radical (unpaired) electrons. The molecular weight excluding hydrogens is 602 g/mol. The molecule has 2 heterocycles. The van der Waals surface area contributed by atoms with E-state index in [1.54, 1.807) is 55.1 Å². The minimum absolute atomic E-state index is 0.0308. The van der Waals surface area contributed by atoms with Gasteiger partial charge in [0.05, 0.1) is 11.4 Å². The number of aryl methyl sites for hydroxylation is 1. The largest absolute Gasteiger partial charge is 0.486 e. The Morgan fingerprint density at radius 2 is 1.89 bits per heavy atom. The quantitative estimate of drug-likeness (QED) is 0.198. The molecule has 5 rings (SSSR count). The van der Waals surface area contributed by atoms with Crippen LogP contribution in [0.4, 0.5) is 14.6 Å².